The summed E-state index contributed by atoms with van der Waals surface area (Å²) in [5.41, 5.74) is 1.83. The third-order valence-corrected chi connectivity index (χ3v) is 5.09. The third kappa shape index (κ3) is 5.43. The Kier molecular flexibility index (Phi) is 6.48. The Morgan fingerprint density at radius 2 is 1.97 bits per heavy atom. The molecule has 2 aromatic heterocycles. The molecule has 0 radical (unpaired) electrons. The number of nitrogens with one attached hydrogen (secondary N) is 2. The Morgan fingerprint density at radius 1 is 1.15 bits per heavy atom. The number of anilines is 1. The van der Waals surface area contributed by atoms with E-state index in [0.29, 0.717) is 22.8 Å². The van der Waals surface area contributed by atoms with E-state index in [1.54, 1.807) is 47.3 Å². The predicted octanol–water partition coefficient (Wildman–Crippen LogP) is 3.08. The molecule has 0 bridgehead atoms. The molecule has 0 unspecified atom stereocenters. The van der Waals surface area contributed by atoms with Gasteiger partial charge in [-0.15, -0.1) is 0 Å². The minimum Gasteiger partial charge on any atom is -0.452 e. The summed E-state index contributed by atoms with van der Waals surface area (Å²) < 4.78 is 6.83. The molecule has 0 saturated heterocycles. The minimum absolute atomic E-state index is 0.0320. The Labute approximate surface area is 191 Å². The molecule has 2 heterocycles. The standard InChI is InChI=1S/C24H25N5O4/c1-15(2)22-19(13-26-29(22)20-8-3-4-11-25-20)24(32)33-14-21(30)27-18-7-5-6-16(12-18)23(31)28-17-9-10-17/h3-8,11-13,15,17H,9-10,14H2,1-2H3,(H,27,30)(H,28,31). The maximum atomic E-state index is 12.7. The second-order valence-corrected chi connectivity index (χ2v) is 8.15. The zero-order chi connectivity index (χ0) is 23.4. The molecule has 33 heavy (non-hydrogen) atoms. The number of hydrogen-bond donors (Lipinski definition) is 2. The lowest BCUT2D eigenvalue weighted by atomic mass is 10.1. The summed E-state index contributed by atoms with van der Waals surface area (Å²) in [6, 6.07) is 12.3. The van der Waals surface area contributed by atoms with Gasteiger partial charge in [0.05, 0.1) is 11.9 Å². The molecule has 2 amide bonds. The molecule has 170 valence electrons. The second kappa shape index (κ2) is 9.64. The molecular weight excluding hydrogens is 422 g/mol. The van der Waals surface area contributed by atoms with Gasteiger partial charge in [0.2, 0.25) is 0 Å². The smallest absolute Gasteiger partial charge is 0.342 e. The van der Waals surface area contributed by atoms with Crippen LogP contribution < -0.4 is 10.6 Å². The molecule has 0 aliphatic heterocycles. The van der Waals surface area contributed by atoms with Crippen LogP contribution in [-0.2, 0) is 9.53 Å². The van der Waals surface area contributed by atoms with Crippen LogP contribution in [0.5, 0.6) is 0 Å². The van der Waals surface area contributed by atoms with Gasteiger partial charge < -0.3 is 15.4 Å². The number of ether oxygens (including phenoxy) is 1. The molecule has 1 aliphatic carbocycles. The van der Waals surface area contributed by atoms with E-state index in [-0.39, 0.29) is 23.4 Å². The average molecular weight is 447 g/mol. The van der Waals surface area contributed by atoms with Crippen molar-refractivity contribution >= 4 is 23.5 Å². The number of esters is 1. The van der Waals surface area contributed by atoms with Crippen LogP contribution in [-0.4, -0.2) is 45.2 Å². The number of hydrogen-bond acceptors (Lipinski definition) is 6. The van der Waals surface area contributed by atoms with E-state index < -0.39 is 18.5 Å². The van der Waals surface area contributed by atoms with E-state index >= 15 is 0 Å². The molecular formula is C24H25N5O4. The number of carbonyl (C=O) groups is 3. The molecule has 9 heteroatoms. The number of amides is 2. The number of carbonyl (C=O) groups excluding carboxylic acids is 3. The van der Waals surface area contributed by atoms with Gasteiger partial charge in [0.15, 0.2) is 12.4 Å². The summed E-state index contributed by atoms with van der Waals surface area (Å²) in [5.74, 6) is -0.773. The fourth-order valence-electron chi connectivity index (χ4n) is 3.37. The van der Waals surface area contributed by atoms with Gasteiger partial charge in [0.25, 0.3) is 11.8 Å². The summed E-state index contributed by atoms with van der Waals surface area (Å²) in [6.07, 6.45) is 5.06. The van der Waals surface area contributed by atoms with Crippen molar-refractivity contribution < 1.29 is 19.1 Å². The molecule has 9 nitrogen and oxygen atoms in total. The van der Waals surface area contributed by atoms with Crippen LogP contribution >= 0.6 is 0 Å². The highest BCUT2D eigenvalue weighted by Crippen LogP contribution is 2.23. The van der Waals surface area contributed by atoms with Crippen molar-refractivity contribution in [2.45, 2.75) is 38.6 Å². The van der Waals surface area contributed by atoms with Gasteiger partial charge in [0, 0.05) is 23.5 Å². The normalized spacial score (nSPS) is 12.9. The third-order valence-electron chi connectivity index (χ3n) is 5.09. The van der Waals surface area contributed by atoms with E-state index in [1.807, 2.05) is 19.9 Å². The highest BCUT2D eigenvalue weighted by Gasteiger charge is 2.24. The molecule has 1 aliphatic rings. The lowest BCUT2D eigenvalue weighted by Crippen LogP contribution is -2.25. The molecule has 0 spiro atoms. The minimum atomic E-state index is -0.645. The van der Waals surface area contributed by atoms with Crippen LogP contribution in [0.1, 0.15) is 59.0 Å². The highest BCUT2D eigenvalue weighted by molar-refractivity contribution is 5.98. The molecule has 3 aromatic rings. The number of rotatable bonds is 8. The quantitative estimate of drug-likeness (QED) is 0.513. The van der Waals surface area contributed by atoms with E-state index in [9.17, 15) is 14.4 Å². The molecule has 0 atom stereocenters. The van der Waals surface area contributed by atoms with Crippen molar-refractivity contribution in [3.05, 3.63) is 71.7 Å². The second-order valence-electron chi connectivity index (χ2n) is 8.15. The monoisotopic (exact) mass is 447 g/mol. The SMILES string of the molecule is CC(C)c1c(C(=O)OCC(=O)Nc2cccc(C(=O)NC3CC3)c2)cnn1-c1ccccn1. The van der Waals surface area contributed by atoms with Crippen LogP contribution in [0, 0.1) is 0 Å². The number of pyridine rings is 1. The Bertz CT molecular complexity index is 1170. The highest BCUT2D eigenvalue weighted by atomic mass is 16.5. The van der Waals surface area contributed by atoms with Gasteiger partial charge >= 0.3 is 5.97 Å². The summed E-state index contributed by atoms with van der Waals surface area (Å²) in [5, 5.41) is 9.85. The van der Waals surface area contributed by atoms with E-state index in [0.717, 1.165) is 12.8 Å². The Balaban J connectivity index is 1.38. The Hall–Kier alpha value is -4.01. The molecule has 2 N–H and O–H groups in total. The number of aromatic nitrogens is 3. The molecule has 4 rings (SSSR count). The first-order chi connectivity index (χ1) is 15.9. The maximum absolute atomic E-state index is 12.7. The van der Waals surface area contributed by atoms with Crippen LogP contribution in [0.15, 0.2) is 54.9 Å². The molecule has 1 saturated carbocycles. The lowest BCUT2D eigenvalue weighted by Gasteiger charge is -2.12. The van der Waals surface area contributed by atoms with Crippen molar-refractivity contribution in [3.63, 3.8) is 0 Å². The summed E-state index contributed by atoms with van der Waals surface area (Å²) in [4.78, 5) is 41.5. The Morgan fingerprint density at radius 3 is 2.67 bits per heavy atom. The van der Waals surface area contributed by atoms with Crippen LogP contribution in [0.3, 0.4) is 0 Å². The van der Waals surface area contributed by atoms with Crippen LogP contribution in [0.2, 0.25) is 0 Å². The van der Waals surface area contributed by atoms with Crippen LogP contribution in [0.25, 0.3) is 5.82 Å². The number of nitrogens with zero attached hydrogens (tertiary/aromatic N) is 3. The van der Waals surface area contributed by atoms with Crippen molar-refractivity contribution in [2.24, 2.45) is 0 Å². The fourth-order valence-corrected chi connectivity index (χ4v) is 3.37. The van der Waals surface area contributed by atoms with E-state index in [4.69, 9.17) is 4.74 Å². The van der Waals surface area contributed by atoms with Crippen LogP contribution in [0.4, 0.5) is 5.69 Å². The van der Waals surface area contributed by atoms with Gasteiger partial charge in [-0.25, -0.2) is 14.5 Å². The number of benzene rings is 1. The predicted molar refractivity (Wildman–Crippen MR) is 121 cm³/mol. The van der Waals surface area contributed by atoms with Crippen molar-refractivity contribution in [1.82, 2.24) is 20.1 Å². The molecule has 1 fully saturated rings. The van der Waals surface area contributed by atoms with Crippen molar-refractivity contribution in [2.75, 3.05) is 11.9 Å². The summed E-state index contributed by atoms with van der Waals surface area (Å²) >= 11 is 0. The van der Waals surface area contributed by atoms with Gasteiger partial charge in [-0.3, -0.25) is 9.59 Å². The van der Waals surface area contributed by atoms with E-state index in [1.165, 1.54) is 6.20 Å². The van der Waals surface area contributed by atoms with Gasteiger partial charge in [-0.05, 0) is 49.1 Å². The lowest BCUT2D eigenvalue weighted by molar-refractivity contribution is -0.119. The zero-order valence-corrected chi connectivity index (χ0v) is 18.4. The summed E-state index contributed by atoms with van der Waals surface area (Å²) in [7, 11) is 0. The summed E-state index contributed by atoms with van der Waals surface area (Å²) in [6.45, 7) is 3.41. The van der Waals surface area contributed by atoms with E-state index in [2.05, 4.69) is 20.7 Å². The average Bonchev–Trinajstić information content (AvgIpc) is 3.51. The van der Waals surface area contributed by atoms with Gasteiger partial charge in [0.1, 0.15) is 5.56 Å². The van der Waals surface area contributed by atoms with Crippen molar-refractivity contribution in [3.8, 4) is 5.82 Å². The maximum Gasteiger partial charge on any atom is 0.342 e. The molecule has 1 aromatic carbocycles. The van der Waals surface area contributed by atoms with Crippen molar-refractivity contribution in [1.29, 1.82) is 0 Å². The van der Waals surface area contributed by atoms with Gasteiger partial charge in [-0.2, -0.15) is 5.10 Å². The fraction of sp³-hybridized carbons (Fsp3) is 0.292. The first-order valence-corrected chi connectivity index (χ1v) is 10.8. The van der Waals surface area contributed by atoms with Gasteiger partial charge in [-0.1, -0.05) is 26.0 Å². The largest absolute Gasteiger partial charge is 0.452 e. The first kappa shape index (κ1) is 22.2. The topological polar surface area (TPSA) is 115 Å². The zero-order valence-electron chi connectivity index (χ0n) is 18.4. The first-order valence-electron chi connectivity index (χ1n) is 10.8.